The molecule has 0 aliphatic carbocycles. The van der Waals surface area contributed by atoms with Crippen LogP contribution in [-0.4, -0.2) is 79.5 Å². The Bertz CT molecular complexity index is 2000. The van der Waals surface area contributed by atoms with Crippen LogP contribution in [-0.2, 0) is 14.4 Å². The maximum atomic E-state index is 13.5. The van der Waals surface area contributed by atoms with Gasteiger partial charge in [0.1, 0.15) is 18.4 Å². The van der Waals surface area contributed by atoms with Crippen molar-refractivity contribution in [2.45, 2.75) is 64.3 Å². The van der Waals surface area contributed by atoms with Gasteiger partial charge < -0.3 is 19.9 Å². The number of rotatable bonds is 19. The predicted molar refractivity (Wildman–Crippen MR) is 220 cm³/mol. The molecule has 1 heterocycles. The Morgan fingerprint density at radius 1 is 0.821 bits per heavy atom. The van der Waals surface area contributed by atoms with E-state index in [1.54, 1.807) is 30.1 Å². The normalized spacial score (nSPS) is 14.3. The van der Waals surface area contributed by atoms with Gasteiger partial charge in [-0.25, -0.2) is 0 Å². The molecule has 4 amide bonds. The average molecular weight is 757 g/mol. The molecule has 10 heteroatoms. The maximum Gasteiger partial charge on any atom is 0.257 e. The van der Waals surface area contributed by atoms with Crippen LogP contribution in [0.3, 0.4) is 0 Å². The van der Waals surface area contributed by atoms with E-state index in [1.165, 1.54) is 34.2 Å². The Balaban J connectivity index is 1.04. The van der Waals surface area contributed by atoms with Gasteiger partial charge in [-0.2, -0.15) is 0 Å². The summed E-state index contributed by atoms with van der Waals surface area (Å²) in [6, 6.07) is 33.4. The lowest BCUT2D eigenvalue weighted by atomic mass is 9.88. The summed E-state index contributed by atoms with van der Waals surface area (Å²) in [6.45, 7) is 3.62. The van der Waals surface area contributed by atoms with Gasteiger partial charge in [-0.1, -0.05) is 105 Å². The Kier molecular flexibility index (Phi) is 15.1. The zero-order chi connectivity index (χ0) is 39.9. The molecule has 1 saturated heterocycles. The fourth-order valence-corrected chi connectivity index (χ4v) is 7.02. The first-order chi connectivity index (χ1) is 27.2. The van der Waals surface area contributed by atoms with Crippen molar-refractivity contribution in [1.82, 2.24) is 15.1 Å². The highest BCUT2D eigenvalue weighted by atomic mass is 16.5. The van der Waals surface area contributed by atoms with Crippen LogP contribution in [0.25, 0.3) is 11.1 Å². The van der Waals surface area contributed by atoms with Gasteiger partial charge >= 0.3 is 0 Å². The number of piperidine rings is 1. The fraction of sp³-hybridized carbons (Fsp3) is 0.326. The molecule has 292 valence electrons. The minimum atomic E-state index is -0.795. The highest BCUT2D eigenvalue weighted by Crippen LogP contribution is 2.35. The summed E-state index contributed by atoms with van der Waals surface area (Å²) in [7, 11) is 3.31. The van der Waals surface area contributed by atoms with Crippen LogP contribution in [0.1, 0.15) is 95.7 Å². The summed E-state index contributed by atoms with van der Waals surface area (Å²) in [5.41, 5.74) is 6.91. The predicted octanol–water partition coefficient (Wildman–Crippen LogP) is 7.65. The fourth-order valence-electron chi connectivity index (χ4n) is 7.02. The topological polar surface area (TPSA) is 125 Å². The van der Waals surface area contributed by atoms with E-state index >= 15 is 0 Å². The Morgan fingerprint density at radius 2 is 1.48 bits per heavy atom. The third kappa shape index (κ3) is 10.8. The van der Waals surface area contributed by atoms with Crippen LogP contribution in [0.4, 0.5) is 5.69 Å². The third-order valence-electron chi connectivity index (χ3n) is 10.2. The van der Waals surface area contributed by atoms with Gasteiger partial charge in [-0.05, 0) is 71.7 Å². The number of benzene rings is 4. The van der Waals surface area contributed by atoms with Gasteiger partial charge in [0.15, 0.2) is 6.29 Å². The molecule has 0 radical (unpaired) electrons. The van der Waals surface area contributed by atoms with Gasteiger partial charge in [0.25, 0.3) is 5.91 Å². The quantitative estimate of drug-likeness (QED) is 0.0436. The molecule has 1 unspecified atom stereocenters. The standard InChI is InChI=1S/C46H52N4O6/c1-4-38(33-16-9-7-10-17-33)43(34-18-11-8-12-19-34)35-23-25-37(26-24-35)56-31-30-49(2)42(53)22-13-5-6-14-29-47-39-21-15-20-36(32-51)44(39)46(55)50(3)40-27-28-41(52)48-45(40)54/h7-12,15-21,23-26,32,40,47H,4-6,13-14,22,27-31H2,1-3H3,(H,48,52,54)/b43-38-. The van der Waals surface area contributed by atoms with Crippen molar-refractivity contribution < 1.29 is 28.7 Å². The molecule has 1 aliphatic rings. The first-order valence-electron chi connectivity index (χ1n) is 19.5. The second-order valence-electron chi connectivity index (χ2n) is 14.0. The largest absolute Gasteiger partial charge is 0.492 e. The number of likely N-dealkylation sites (N-methyl/N-ethyl adjacent to an activating group) is 2. The summed E-state index contributed by atoms with van der Waals surface area (Å²) < 4.78 is 6.05. The number of hydrogen-bond acceptors (Lipinski definition) is 7. The lowest BCUT2D eigenvalue weighted by Gasteiger charge is -2.30. The molecule has 2 N–H and O–H groups in total. The summed E-state index contributed by atoms with van der Waals surface area (Å²) in [5, 5.41) is 5.55. The van der Waals surface area contributed by atoms with E-state index in [0.29, 0.717) is 38.1 Å². The van der Waals surface area contributed by atoms with Crippen molar-refractivity contribution >= 4 is 46.7 Å². The van der Waals surface area contributed by atoms with Crippen molar-refractivity contribution in [1.29, 1.82) is 0 Å². The minimum Gasteiger partial charge on any atom is -0.492 e. The van der Waals surface area contributed by atoms with Gasteiger partial charge in [0.2, 0.25) is 17.7 Å². The summed E-state index contributed by atoms with van der Waals surface area (Å²) in [6.07, 6.45) is 5.63. The van der Waals surface area contributed by atoms with E-state index in [0.717, 1.165) is 43.4 Å². The molecule has 1 fully saturated rings. The summed E-state index contributed by atoms with van der Waals surface area (Å²) in [4.78, 5) is 65.1. The smallest absolute Gasteiger partial charge is 0.257 e. The maximum absolute atomic E-state index is 13.5. The number of carbonyl (C=O) groups is 5. The van der Waals surface area contributed by atoms with Crippen LogP contribution >= 0.6 is 0 Å². The second-order valence-corrected chi connectivity index (χ2v) is 14.0. The number of unbranched alkanes of at least 4 members (excludes halogenated alkanes) is 3. The molecule has 56 heavy (non-hydrogen) atoms. The first kappa shape index (κ1) is 41.1. The average Bonchev–Trinajstić information content (AvgIpc) is 3.22. The van der Waals surface area contributed by atoms with Crippen LogP contribution in [0.2, 0.25) is 0 Å². The van der Waals surface area contributed by atoms with Crippen molar-refractivity contribution in [3.63, 3.8) is 0 Å². The van der Waals surface area contributed by atoms with E-state index in [9.17, 15) is 24.0 Å². The third-order valence-corrected chi connectivity index (χ3v) is 10.2. The molecule has 1 atom stereocenters. The van der Waals surface area contributed by atoms with Crippen molar-refractivity contribution in [3.05, 3.63) is 131 Å². The highest BCUT2D eigenvalue weighted by Gasteiger charge is 2.34. The molecule has 0 bridgehead atoms. The summed E-state index contributed by atoms with van der Waals surface area (Å²) in [5.74, 6) is -0.527. The SMILES string of the molecule is CC/C(=C(\c1ccccc1)c1ccc(OCCN(C)C(=O)CCCCCCNc2cccc(C=O)c2C(=O)N(C)C2CCC(=O)NC2=O)cc1)c1ccccc1. The molecule has 5 rings (SSSR count). The van der Waals surface area contributed by atoms with Gasteiger partial charge in [0.05, 0.1) is 12.1 Å². The molecular formula is C46H52N4O6. The Morgan fingerprint density at radius 3 is 2.14 bits per heavy atom. The number of imide groups is 1. The molecule has 0 aromatic heterocycles. The van der Waals surface area contributed by atoms with E-state index in [-0.39, 0.29) is 35.8 Å². The molecule has 0 spiro atoms. The molecule has 10 nitrogen and oxygen atoms in total. The van der Waals surface area contributed by atoms with Gasteiger partial charge in [-0.3, -0.25) is 29.3 Å². The number of allylic oxidation sites excluding steroid dienone is 1. The number of carbonyl (C=O) groups excluding carboxylic acids is 5. The monoisotopic (exact) mass is 756 g/mol. The number of nitrogens with one attached hydrogen (secondary N) is 2. The van der Waals surface area contributed by atoms with Gasteiger partial charge in [0, 0.05) is 44.7 Å². The van der Waals surface area contributed by atoms with Gasteiger partial charge in [-0.15, -0.1) is 0 Å². The number of aldehydes is 1. The zero-order valence-electron chi connectivity index (χ0n) is 32.6. The second kappa shape index (κ2) is 20.6. The Labute approximate surface area is 329 Å². The van der Waals surface area contributed by atoms with Crippen molar-refractivity contribution in [3.8, 4) is 5.75 Å². The number of ether oxygens (including phenoxy) is 1. The van der Waals surface area contributed by atoms with Crippen molar-refractivity contribution in [2.75, 3.05) is 39.1 Å². The number of nitrogens with zero attached hydrogens (tertiary/aromatic N) is 2. The molecular weight excluding hydrogens is 705 g/mol. The summed E-state index contributed by atoms with van der Waals surface area (Å²) >= 11 is 0. The number of anilines is 1. The van der Waals surface area contributed by atoms with Crippen LogP contribution in [0.5, 0.6) is 5.75 Å². The lowest BCUT2D eigenvalue weighted by Crippen LogP contribution is -2.53. The molecule has 4 aromatic rings. The van der Waals surface area contributed by atoms with E-state index in [4.69, 9.17) is 4.74 Å². The van der Waals surface area contributed by atoms with E-state index < -0.39 is 17.9 Å². The van der Waals surface area contributed by atoms with Crippen molar-refractivity contribution in [2.24, 2.45) is 0 Å². The molecule has 4 aromatic carbocycles. The van der Waals surface area contributed by atoms with Crippen LogP contribution in [0.15, 0.2) is 103 Å². The number of amides is 4. The minimum absolute atomic E-state index is 0.0710. The van der Waals surface area contributed by atoms with Crippen LogP contribution in [0, 0.1) is 0 Å². The number of hydrogen-bond donors (Lipinski definition) is 2. The highest BCUT2D eigenvalue weighted by molar-refractivity contribution is 6.09. The molecule has 1 aliphatic heterocycles. The van der Waals surface area contributed by atoms with E-state index in [2.05, 4.69) is 78.2 Å². The first-order valence-corrected chi connectivity index (χ1v) is 19.5. The Hall–Kier alpha value is -6.03. The van der Waals surface area contributed by atoms with E-state index in [1.807, 2.05) is 24.3 Å². The lowest BCUT2D eigenvalue weighted by molar-refractivity contribution is -0.136. The van der Waals surface area contributed by atoms with Crippen LogP contribution < -0.4 is 15.4 Å². The zero-order valence-corrected chi connectivity index (χ0v) is 32.6. The molecule has 0 saturated carbocycles.